The van der Waals surface area contributed by atoms with E-state index in [1.54, 1.807) is 42.5 Å². The summed E-state index contributed by atoms with van der Waals surface area (Å²) >= 11 is 0. The Balaban J connectivity index is 1.93. The third-order valence-corrected chi connectivity index (χ3v) is 5.25. The summed E-state index contributed by atoms with van der Waals surface area (Å²) in [5, 5.41) is 0. The molecule has 3 aromatic carbocycles. The summed E-state index contributed by atoms with van der Waals surface area (Å²) in [5.74, 6) is 1.30. The Morgan fingerprint density at radius 2 is 1.27 bits per heavy atom. The van der Waals surface area contributed by atoms with E-state index in [4.69, 9.17) is 13.6 Å². The molecule has 0 amide bonds. The van der Waals surface area contributed by atoms with Crippen molar-refractivity contribution < 1.29 is 18.1 Å². The molecule has 5 heteroatoms. The smallest absolute Gasteiger partial charge is 0.386 e. The van der Waals surface area contributed by atoms with Gasteiger partial charge in [-0.25, -0.2) is 0 Å². The number of hydrogen-bond donors (Lipinski definition) is 0. The van der Waals surface area contributed by atoms with Crippen molar-refractivity contribution in [3.05, 3.63) is 89.5 Å². The number of phosphoric ester groups is 1. The third-order valence-electron chi connectivity index (χ3n) is 3.96. The summed E-state index contributed by atoms with van der Waals surface area (Å²) in [4.78, 5) is 0. The number of para-hydroxylation sites is 1. The maximum Gasteiger partial charge on any atom is 0.647 e. The molecule has 0 radical (unpaired) electrons. The zero-order chi connectivity index (χ0) is 18.6. The molecule has 0 saturated carbocycles. The van der Waals surface area contributed by atoms with Crippen LogP contribution in [0.3, 0.4) is 0 Å². The van der Waals surface area contributed by atoms with E-state index < -0.39 is 7.82 Å². The van der Waals surface area contributed by atoms with Gasteiger partial charge in [0.25, 0.3) is 0 Å². The molecule has 0 aliphatic carbocycles. The van der Waals surface area contributed by atoms with Crippen molar-refractivity contribution in [3.63, 3.8) is 0 Å². The van der Waals surface area contributed by atoms with Crippen LogP contribution in [0, 0.1) is 20.8 Å². The van der Waals surface area contributed by atoms with Crippen LogP contribution in [0.15, 0.2) is 72.8 Å². The van der Waals surface area contributed by atoms with Crippen molar-refractivity contribution in [1.29, 1.82) is 0 Å². The van der Waals surface area contributed by atoms with Crippen molar-refractivity contribution in [2.45, 2.75) is 20.8 Å². The molecule has 0 fully saturated rings. The zero-order valence-electron chi connectivity index (χ0n) is 15.0. The van der Waals surface area contributed by atoms with Crippen LogP contribution in [0.4, 0.5) is 0 Å². The van der Waals surface area contributed by atoms with Crippen molar-refractivity contribution >= 4 is 7.82 Å². The zero-order valence-corrected chi connectivity index (χ0v) is 15.9. The van der Waals surface area contributed by atoms with Gasteiger partial charge < -0.3 is 13.6 Å². The quantitative estimate of drug-likeness (QED) is 0.482. The molecule has 26 heavy (non-hydrogen) atoms. The molecular formula is C21H21O4P. The predicted molar refractivity (Wildman–Crippen MR) is 103 cm³/mol. The lowest BCUT2D eigenvalue weighted by Gasteiger charge is -2.20. The van der Waals surface area contributed by atoms with Crippen molar-refractivity contribution in [2.75, 3.05) is 0 Å². The van der Waals surface area contributed by atoms with Gasteiger partial charge in [-0.15, -0.1) is 0 Å². The van der Waals surface area contributed by atoms with Crippen molar-refractivity contribution in [3.8, 4) is 17.2 Å². The molecule has 0 N–H and O–H groups in total. The minimum Gasteiger partial charge on any atom is -0.386 e. The van der Waals surface area contributed by atoms with Gasteiger partial charge in [0.2, 0.25) is 0 Å². The van der Waals surface area contributed by atoms with Gasteiger partial charge in [-0.3, -0.25) is 0 Å². The van der Waals surface area contributed by atoms with Crippen molar-refractivity contribution in [2.24, 2.45) is 0 Å². The van der Waals surface area contributed by atoms with Gasteiger partial charge in [0.1, 0.15) is 17.2 Å². The number of benzene rings is 3. The SMILES string of the molecule is Cc1ccc(OP(=O)(Oc2ccccc2)Oc2cccc(C)c2C)cc1. The summed E-state index contributed by atoms with van der Waals surface area (Å²) in [6.45, 7) is 5.84. The van der Waals surface area contributed by atoms with Crippen LogP contribution < -0.4 is 13.6 Å². The lowest BCUT2D eigenvalue weighted by atomic mass is 10.1. The average molecular weight is 368 g/mol. The monoisotopic (exact) mass is 368 g/mol. The van der Waals surface area contributed by atoms with Crippen LogP contribution in [-0.2, 0) is 4.57 Å². The molecular weight excluding hydrogens is 347 g/mol. The van der Waals surface area contributed by atoms with Crippen LogP contribution in [0.1, 0.15) is 16.7 Å². The van der Waals surface area contributed by atoms with E-state index in [1.165, 1.54) is 0 Å². The number of aryl methyl sites for hydroxylation is 2. The highest BCUT2D eigenvalue weighted by Gasteiger charge is 2.33. The molecule has 3 aromatic rings. The van der Waals surface area contributed by atoms with E-state index in [9.17, 15) is 4.57 Å². The topological polar surface area (TPSA) is 44.8 Å². The van der Waals surface area contributed by atoms with Crippen molar-refractivity contribution in [1.82, 2.24) is 0 Å². The lowest BCUT2D eigenvalue weighted by molar-refractivity contribution is 0.297. The van der Waals surface area contributed by atoms with E-state index >= 15 is 0 Å². The van der Waals surface area contributed by atoms with E-state index in [1.807, 2.05) is 51.1 Å². The Kier molecular flexibility index (Phi) is 5.34. The second-order valence-corrected chi connectivity index (χ2v) is 7.49. The van der Waals surface area contributed by atoms with Gasteiger partial charge >= 0.3 is 7.82 Å². The molecule has 0 bridgehead atoms. The molecule has 0 heterocycles. The van der Waals surface area contributed by atoms with Crippen LogP contribution in [0.2, 0.25) is 0 Å². The molecule has 0 spiro atoms. The van der Waals surface area contributed by atoms with Gasteiger partial charge in [-0.1, -0.05) is 48.0 Å². The minimum absolute atomic E-state index is 0.410. The summed E-state index contributed by atoms with van der Waals surface area (Å²) in [7, 11) is -3.95. The first-order valence-corrected chi connectivity index (χ1v) is 9.78. The second kappa shape index (κ2) is 7.67. The fraction of sp³-hybridized carbons (Fsp3) is 0.143. The average Bonchev–Trinajstić information content (AvgIpc) is 2.62. The molecule has 4 nitrogen and oxygen atoms in total. The highest BCUT2D eigenvalue weighted by molar-refractivity contribution is 7.49. The maximum atomic E-state index is 13.4. The third kappa shape index (κ3) is 4.47. The van der Waals surface area contributed by atoms with Gasteiger partial charge in [0, 0.05) is 0 Å². The number of hydrogen-bond acceptors (Lipinski definition) is 4. The molecule has 0 aliphatic rings. The summed E-state index contributed by atoms with van der Waals surface area (Å²) in [6, 6.07) is 21.6. The molecule has 0 aromatic heterocycles. The molecule has 3 rings (SSSR count). The Bertz CT molecular complexity index is 921. The Morgan fingerprint density at radius 1 is 0.654 bits per heavy atom. The fourth-order valence-corrected chi connectivity index (χ4v) is 3.65. The van der Waals surface area contributed by atoms with Gasteiger partial charge in [0.15, 0.2) is 0 Å². The van der Waals surface area contributed by atoms with Gasteiger partial charge in [0.05, 0.1) is 0 Å². The Hall–Kier alpha value is -2.71. The molecule has 0 saturated heterocycles. The first-order chi connectivity index (χ1) is 12.5. The molecule has 0 aliphatic heterocycles. The van der Waals surface area contributed by atoms with E-state index in [0.717, 1.165) is 16.7 Å². The molecule has 134 valence electrons. The molecule has 1 unspecified atom stereocenters. The van der Waals surface area contributed by atoms with E-state index in [-0.39, 0.29) is 0 Å². The first kappa shape index (κ1) is 18.1. The largest absolute Gasteiger partial charge is 0.647 e. The van der Waals surface area contributed by atoms with Gasteiger partial charge in [-0.2, -0.15) is 4.57 Å². The predicted octanol–water partition coefficient (Wildman–Crippen LogP) is 6.26. The van der Waals surface area contributed by atoms with E-state index in [2.05, 4.69) is 0 Å². The number of rotatable bonds is 6. The van der Waals surface area contributed by atoms with Crippen LogP contribution in [-0.4, -0.2) is 0 Å². The highest BCUT2D eigenvalue weighted by atomic mass is 31.2. The second-order valence-electron chi connectivity index (χ2n) is 6.05. The minimum atomic E-state index is -3.95. The number of phosphoric acid groups is 1. The normalized spacial score (nSPS) is 12.9. The Labute approximate surface area is 154 Å². The Morgan fingerprint density at radius 3 is 1.92 bits per heavy atom. The summed E-state index contributed by atoms with van der Waals surface area (Å²) in [5.41, 5.74) is 2.99. The van der Waals surface area contributed by atoms with Crippen LogP contribution in [0.5, 0.6) is 17.2 Å². The maximum absolute atomic E-state index is 13.4. The van der Waals surface area contributed by atoms with Crippen LogP contribution in [0.25, 0.3) is 0 Å². The van der Waals surface area contributed by atoms with Gasteiger partial charge in [-0.05, 0) is 62.2 Å². The highest BCUT2D eigenvalue weighted by Crippen LogP contribution is 2.50. The lowest BCUT2D eigenvalue weighted by Crippen LogP contribution is -2.08. The first-order valence-electron chi connectivity index (χ1n) is 8.32. The van der Waals surface area contributed by atoms with Crippen LogP contribution >= 0.6 is 7.82 Å². The standard InChI is InChI=1S/C21H21O4P/c1-16-12-14-20(15-13-16)24-26(22,23-19-9-5-4-6-10-19)25-21-11-7-8-17(2)18(21)3/h4-15H,1-3H3. The summed E-state index contributed by atoms with van der Waals surface area (Å²) < 4.78 is 30.5. The molecule has 1 atom stereocenters. The van der Waals surface area contributed by atoms with E-state index in [0.29, 0.717) is 17.2 Å². The summed E-state index contributed by atoms with van der Waals surface area (Å²) in [6.07, 6.45) is 0. The fourth-order valence-electron chi connectivity index (χ4n) is 2.34.